The average molecular weight is 207 g/mol. The molecule has 0 radical (unpaired) electrons. The van der Waals surface area contributed by atoms with Gasteiger partial charge in [0.1, 0.15) is 5.00 Å². The molecule has 0 heterocycles. The largest absolute Gasteiger partial charge is 0.481 e. The van der Waals surface area contributed by atoms with Crippen LogP contribution in [0.3, 0.4) is 0 Å². The lowest BCUT2D eigenvalue weighted by Crippen LogP contribution is -2.07. The second kappa shape index (κ2) is 5.17. The molecule has 13 heavy (non-hydrogen) atoms. The molecule has 0 fully saturated rings. The monoisotopic (exact) mass is 206 g/mol. The molecular formula is C8H15ClN2O2. The van der Waals surface area contributed by atoms with Gasteiger partial charge in [0.05, 0.1) is 6.04 Å². The smallest absolute Gasteiger partial charge is 0.303 e. The normalized spacial score (nSPS) is 14.8. The Kier molecular flexibility index (Phi) is 4.91. The van der Waals surface area contributed by atoms with E-state index in [0.29, 0.717) is 6.42 Å². The molecule has 0 bridgehead atoms. The highest BCUT2D eigenvalue weighted by Crippen LogP contribution is 2.15. The van der Waals surface area contributed by atoms with Crippen LogP contribution < -0.4 is 0 Å². The van der Waals surface area contributed by atoms with Crippen molar-refractivity contribution in [3.05, 3.63) is 0 Å². The van der Waals surface area contributed by atoms with E-state index in [0.717, 1.165) is 0 Å². The van der Waals surface area contributed by atoms with Gasteiger partial charge in [-0.1, -0.05) is 11.6 Å². The van der Waals surface area contributed by atoms with Crippen LogP contribution in [0.25, 0.3) is 0 Å². The third-order valence-electron chi connectivity index (χ3n) is 1.27. The van der Waals surface area contributed by atoms with Crippen molar-refractivity contribution in [3.8, 4) is 0 Å². The summed E-state index contributed by atoms with van der Waals surface area (Å²) in [6.07, 6.45) is 0.606. The lowest BCUT2D eigenvalue weighted by atomic mass is 10.2. The molecule has 76 valence electrons. The zero-order valence-corrected chi connectivity index (χ0v) is 8.88. The lowest BCUT2D eigenvalue weighted by molar-refractivity contribution is -0.137. The summed E-state index contributed by atoms with van der Waals surface area (Å²) in [6, 6.07) is -0.0888. The first-order valence-electron chi connectivity index (χ1n) is 4.14. The number of hydrogen-bond acceptors (Lipinski definition) is 3. The van der Waals surface area contributed by atoms with Crippen LogP contribution in [0.2, 0.25) is 0 Å². The van der Waals surface area contributed by atoms with Gasteiger partial charge < -0.3 is 5.11 Å². The van der Waals surface area contributed by atoms with Crippen molar-refractivity contribution in [2.24, 2.45) is 10.2 Å². The number of carbonyl (C=O) groups is 1. The van der Waals surface area contributed by atoms with E-state index in [1.54, 1.807) is 13.8 Å². The van der Waals surface area contributed by atoms with Crippen molar-refractivity contribution in [2.45, 2.75) is 44.7 Å². The van der Waals surface area contributed by atoms with E-state index in [1.807, 2.05) is 6.92 Å². The Morgan fingerprint density at radius 3 is 2.54 bits per heavy atom. The number of halogens is 1. The minimum absolute atomic E-state index is 0.0888. The molecule has 1 unspecified atom stereocenters. The Hall–Kier alpha value is -0.640. The first-order valence-corrected chi connectivity index (χ1v) is 4.52. The molecule has 1 N–H and O–H groups in total. The van der Waals surface area contributed by atoms with Gasteiger partial charge in [0.2, 0.25) is 0 Å². The van der Waals surface area contributed by atoms with Crippen LogP contribution in [0.5, 0.6) is 0 Å². The van der Waals surface area contributed by atoms with Crippen LogP contribution in [-0.4, -0.2) is 22.1 Å². The Morgan fingerprint density at radius 2 is 2.15 bits per heavy atom. The number of carboxylic acids is 1. The van der Waals surface area contributed by atoms with E-state index in [4.69, 9.17) is 16.7 Å². The number of rotatable bonds is 5. The third-order valence-corrected chi connectivity index (χ3v) is 1.34. The fraction of sp³-hybridized carbons (Fsp3) is 0.875. The molecular weight excluding hydrogens is 192 g/mol. The standard InChI is InChI=1S/C8H15ClN2O2/c1-6(4-5-7(12)13)10-11-8(2,3)9/h6H,4-5H2,1-3H3,(H,12,13)/b11-10+. The quantitative estimate of drug-likeness (QED) is 0.427. The van der Waals surface area contributed by atoms with Gasteiger partial charge in [0.25, 0.3) is 0 Å². The lowest BCUT2D eigenvalue weighted by Gasteiger charge is -2.08. The van der Waals surface area contributed by atoms with Crippen LogP contribution in [0.1, 0.15) is 33.6 Å². The summed E-state index contributed by atoms with van der Waals surface area (Å²) in [4.78, 5) is 9.51. The number of nitrogens with zero attached hydrogens (tertiary/aromatic N) is 2. The molecule has 0 saturated heterocycles. The summed E-state index contributed by atoms with van der Waals surface area (Å²) in [7, 11) is 0. The predicted molar refractivity (Wildman–Crippen MR) is 51.1 cm³/mol. The van der Waals surface area contributed by atoms with Gasteiger partial charge in [-0.25, -0.2) is 0 Å². The number of alkyl halides is 1. The molecule has 0 aliphatic rings. The summed E-state index contributed by atoms with van der Waals surface area (Å²) < 4.78 is 0. The fourth-order valence-corrected chi connectivity index (χ4v) is 0.670. The average Bonchev–Trinajstić information content (AvgIpc) is 1.95. The van der Waals surface area contributed by atoms with Gasteiger partial charge in [-0.05, 0) is 27.2 Å². The first-order chi connectivity index (χ1) is 5.81. The van der Waals surface area contributed by atoms with E-state index in [-0.39, 0.29) is 12.5 Å². The van der Waals surface area contributed by atoms with Gasteiger partial charge in [0.15, 0.2) is 0 Å². The van der Waals surface area contributed by atoms with Crippen molar-refractivity contribution >= 4 is 17.6 Å². The molecule has 0 aromatic rings. The Morgan fingerprint density at radius 1 is 1.62 bits per heavy atom. The SMILES string of the molecule is CC(CCC(=O)O)/N=N/C(C)(C)Cl. The van der Waals surface area contributed by atoms with E-state index in [9.17, 15) is 4.79 Å². The Balaban J connectivity index is 3.80. The van der Waals surface area contributed by atoms with Crippen molar-refractivity contribution in [1.29, 1.82) is 0 Å². The van der Waals surface area contributed by atoms with E-state index in [2.05, 4.69) is 10.2 Å². The minimum atomic E-state index is -0.813. The predicted octanol–water partition coefficient (Wildman–Crippen LogP) is 2.67. The summed E-state index contributed by atoms with van der Waals surface area (Å²) in [5.74, 6) is -0.813. The highest BCUT2D eigenvalue weighted by Gasteiger charge is 2.11. The number of aliphatic carboxylic acids is 1. The highest BCUT2D eigenvalue weighted by atomic mass is 35.5. The maximum atomic E-state index is 10.2. The second-order valence-electron chi connectivity index (χ2n) is 3.41. The van der Waals surface area contributed by atoms with Crippen molar-refractivity contribution in [1.82, 2.24) is 0 Å². The van der Waals surface area contributed by atoms with Crippen LogP contribution >= 0.6 is 11.6 Å². The topological polar surface area (TPSA) is 62.0 Å². The molecule has 0 aliphatic carbocycles. The van der Waals surface area contributed by atoms with Crippen LogP contribution in [0.4, 0.5) is 0 Å². The summed E-state index contributed by atoms with van der Waals surface area (Å²) in [5.41, 5.74) is 0. The van der Waals surface area contributed by atoms with E-state index < -0.39 is 11.0 Å². The van der Waals surface area contributed by atoms with Gasteiger partial charge in [-0.3, -0.25) is 4.79 Å². The van der Waals surface area contributed by atoms with Crippen LogP contribution in [-0.2, 0) is 4.79 Å². The summed E-state index contributed by atoms with van der Waals surface area (Å²) in [6.45, 7) is 5.26. The number of azo groups is 1. The second-order valence-corrected chi connectivity index (χ2v) is 4.33. The van der Waals surface area contributed by atoms with Crippen LogP contribution in [0, 0.1) is 0 Å². The molecule has 0 spiro atoms. The molecule has 0 amide bonds. The van der Waals surface area contributed by atoms with E-state index >= 15 is 0 Å². The molecule has 0 rings (SSSR count). The zero-order valence-electron chi connectivity index (χ0n) is 8.12. The summed E-state index contributed by atoms with van der Waals surface area (Å²) >= 11 is 5.76. The molecule has 1 atom stereocenters. The maximum absolute atomic E-state index is 10.2. The molecule has 0 saturated carbocycles. The Bertz CT molecular complexity index is 199. The van der Waals surface area contributed by atoms with Crippen molar-refractivity contribution < 1.29 is 9.90 Å². The van der Waals surface area contributed by atoms with Crippen LogP contribution in [0.15, 0.2) is 10.2 Å². The fourth-order valence-electron chi connectivity index (χ4n) is 0.626. The highest BCUT2D eigenvalue weighted by molar-refractivity contribution is 6.23. The summed E-state index contributed by atoms with van der Waals surface area (Å²) in [5, 5.41) is 16.1. The van der Waals surface area contributed by atoms with Gasteiger partial charge in [-0.15, -0.1) is 0 Å². The Labute approximate surface area is 83.0 Å². The van der Waals surface area contributed by atoms with Crippen molar-refractivity contribution in [2.75, 3.05) is 0 Å². The third kappa shape index (κ3) is 9.27. The maximum Gasteiger partial charge on any atom is 0.303 e. The molecule has 4 nitrogen and oxygen atoms in total. The molecule has 0 aromatic heterocycles. The van der Waals surface area contributed by atoms with Crippen molar-refractivity contribution in [3.63, 3.8) is 0 Å². The minimum Gasteiger partial charge on any atom is -0.481 e. The number of carboxylic acid groups (broad SMARTS) is 1. The van der Waals surface area contributed by atoms with Gasteiger partial charge in [0, 0.05) is 6.42 Å². The molecule has 5 heteroatoms. The molecule has 0 aromatic carbocycles. The molecule has 0 aliphatic heterocycles. The first kappa shape index (κ1) is 12.4. The van der Waals surface area contributed by atoms with Gasteiger partial charge in [-0.2, -0.15) is 10.2 Å². The van der Waals surface area contributed by atoms with E-state index in [1.165, 1.54) is 0 Å². The van der Waals surface area contributed by atoms with Gasteiger partial charge >= 0.3 is 5.97 Å². The number of hydrogen-bond donors (Lipinski definition) is 1. The zero-order chi connectivity index (χ0) is 10.5.